The minimum atomic E-state index is -0.346. The molecule has 0 bridgehead atoms. The summed E-state index contributed by atoms with van der Waals surface area (Å²) < 4.78 is 7.57. The first-order valence-electron chi connectivity index (χ1n) is 4.66. The van der Waals surface area contributed by atoms with Crippen molar-refractivity contribution < 1.29 is 9.53 Å². The SMILES string of the molecule is CCOC(=O)c1nn2c(c1Br)CCC2. The minimum Gasteiger partial charge on any atom is -0.461 e. The molecule has 2 heterocycles. The molecule has 5 heteroatoms. The number of aryl methyl sites for hydroxylation is 1. The van der Waals surface area contributed by atoms with Gasteiger partial charge in [-0.2, -0.15) is 5.10 Å². The first kappa shape index (κ1) is 9.71. The van der Waals surface area contributed by atoms with Gasteiger partial charge in [0.05, 0.1) is 16.8 Å². The van der Waals surface area contributed by atoms with Crippen LogP contribution in [0.25, 0.3) is 0 Å². The van der Waals surface area contributed by atoms with Gasteiger partial charge in [-0.15, -0.1) is 0 Å². The smallest absolute Gasteiger partial charge is 0.360 e. The van der Waals surface area contributed by atoms with Gasteiger partial charge in [-0.1, -0.05) is 0 Å². The van der Waals surface area contributed by atoms with Crippen molar-refractivity contribution >= 4 is 21.9 Å². The summed E-state index contributed by atoms with van der Waals surface area (Å²) in [4.78, 5) is 11.4. The van der Waals surface area contributed by atoms with Gasteiger partial charge < -0.3 is 4.74 Å². The molecule has 14 heavy (non-hydrogen) atoms. The average molecular weight is 259 g/mol. The normalized spacial score (nSPS) is 14.1. The van der Waals surface area contributed by atoms with Gasteiger partial charge in [0.2, 0.25) is 0 Å². The van der Waals surface area contributed by atoms with E-state index in [4.69, 9.17) is 4.74 Å². The van der Waals surface area contributed by atoms with Crippen molar-refractivity contribution in [2.75, 3.05) is 6.61 Å². The summed E-state index contributed by atoms with van der Waals surface area (Å²) in [5, 5.41) is 4.20. The summed E-state index contributed by atoms with van der Waals surface area (Å²) in [5.74, 6) is -0.346. The zero-order valence-electron chi connectivity index (χ0n) is 7.92. The molecule has 1 aromatic heterocycles. The third kappa shape index (κ3) is 1.45. The van der Waals surface area contributed by atoms with E-state index in [1.54, 1.807) is 6.92 Å². The van der Waals surface area contributed by atoms with E-state index in [9.17, 15) is 4.79 Å². The first-order chi connectivity index (χ1) is 6.74. The van der Waals surface area contributed by atoms with Crippen molar-refractivity contribution in [3.05, 3.63) is 15.9 Å². The van der Waals surface area contributed by atoms with Crippen LogP contribution in [0, 0.1) is 0 Å². The van der Waals surface area contributed by atoms with Crippen molar-refractivity contribution in [3.63, 3.8) is 0 Å². The van der Waals surface area contributed by atoms with Crippen LogP contribution in [0.4, 0.5) is 0 Å². The maximum atomic E-state index is 11.4. The van der Waals surface area contributed by atoms with Crippen LogP contribution >= 0.6 is 15.9 Å². The van der Waals surface area contributed by atoms with Crippen LogP contribution in [-0.4, -0.2) is 22.4 Å². The van der Waals surface area contributed by atoms with Gasteiger partial charge in [-0.05, 0) is 35.7 Å². The number of hydrogen-bond acceptors (Lipinski definition) is 3. The maximum Gasteiger partial charge on any atom is 0.360 e. The van der Waals surface area contributed by atoms with Crippen molar-refractivity contribution in [1.29, 1.82) is 0 Å². The summed E-state index contributed by atoms with van der Waals surface area (Å²) in [6.45, 7) is 3.07. The third-order valence-electron chi connectivity index (χ3n) is 2.25. The van der Waals surface area contributed by atoms with E-state index >= 15 is 0 Å². The van der Waals surface area contributed by atoms with E-state index in [0.717, 1.165) is 29.6 Å². The van der Waals surface area contributed by atoms with Gasteiger partial charge in [-0.25, -0.2) is 4.79 Å². The Morgan fingerprint density at radius 3 is 3.14 bits per heavy atom. The molecule has 1 aliphatic heterocycles. The van der Waals surface area contributed by atoms with Gasteiger partial charge in [0.1, 0.15) is 0 Å². The standard InChI is InChI=1S/C9H11BrN2O2/c1-2-14-9(13)8-7(10)6-4-3-5-12(6)11-8/h2-5H2,1H3. The van der Waals surface area contributed by atoms with Crippen molar-refractivity contribution in [2.24, 2.45) is 0 Å². The van der Waals surface area contributed by atoms with Crippen LogP contribution in [0.5, 0.6) is 0 Å². The summed E-state index contributed by atoms with van der Waals surface area (Å²) in [7, 11) is 0. The topological polar surface area (TPSA) is 44.1 Å². The monoisotopic (exact) mass is 258 g/mol. The second kappa shape index (κ2) is 3.73. The summed E-state index contributed by atoms with van der Waals surface area (Å²) >= 11 is 3.39. The zero-order valence-corrected chi connectivity index (χ0v) is 9.50. The van der Waals surface area contributed by atoms with E-state index in [1.165, 1.54) is 0 Å². The number of carbonyl (C=O) groups is 1. The van der Waals surface area contributed by atoms with E-state index < -0.39 is 0 Å². The number of fused-ring (bicyclic) bond motifs is 1. The molecular weight excluding hydrogens is 248 g/mol. The van der Waals surface area contributed by atoms with Gasteiger partial charge in [0, 0.05) is 6.54 Å². The molecule has 0 amide bonds. The molecule has 0 aliphatic carbocycles. The van der Waals surface area contributed by atoms with Gasteiger partial charge in [0.25, 0.3) is 0 Å². The van der Waals surface area contributed by atoms with Crippen LogP contribution in [0.2, 0.25) is 0 Å². The quantitative estimate of drug-likeness (QED) is 0.760. The highest BCUT2D eigenvalue weighted by Crippen LogP contribution is 2.27. The van der Waals surface area contributed by atoms with E-state index in [-0.39, 0.29) is 5.97 Å². The molecule has 0 radical (unpaired) electrons. The largest absolute Gasteiger partial charge is 0.461 e. The Morgan fingerprint density at radius 1 is 1.71 bits per heavy atom. The molecule has 1 aliphatic rings. The average Bonchev–Trinajstić information content (AvgIpc) is 2.69. The lowest BCUT2D eigenvalue weighted by molar-refractivity contribution is 0.0517. The Morgan fingerprint density at radius 2 is 2.50 bits per heavy atom. The predicted octanol–water partition coefficient (Wildman–Crippen LogP) is 1.77. The van der Waals surface area contributed by atoms with Crippen molar-refractivity contribution in [2.45, 2.75) is 26.3 Å². The Bertz CT molecular complexity index is 373. The van der Waals surface area contributed by atoms with Crippen LogP contribution in [0.15, 0.2) is 4.47 Å². The fraction of sp³-hybridized carbons (Fsp3) is 0.556. The van der Waals surface area contributed by atoms with E-state index in [2.05, 4.69) is 21.0 Å². The highest BCUT2D eigenvalue weighted by atomic mass is 79.9. The number of carbonyl (C=O) groups excluding carboxylic acids is 1. The number of hydrogen-bond donors (Lipinski definition) is 0. The molecule has 0 fully saturated rings. The minimum absolute atomic E-state index is 0.346. The molecule has 0 saturated heterocycles. The summed E-state index contributed by atoms with van der Waals surface area (Å²) in [6, 6.07) is 0. The number of aromatic nitrogens is 2. The molecular formula is C9H11BrN2O2. The Balaban J connectivity index is 2.32. The Hall–Kier alpha value is -0.840. The van der Waals surface area contributed by atoms with Crippen LogP contribution in [0.3, 0.4) is 0 Å². The lowest BCUT2D eigenvalue weighted by atomic mass is 10.3. The number of halogens is 1. The number of esters is 1. The third-order valence-corrected chi connectivity index (χ3v) is 3.08. The molecule has 0 spiro atoms. The first-order valence-corrected chi connectivity index (χ1v) is 5.45. The van der Waals surface area contributed by atoms with E-state index in [1.807, 2.05) is 4.68 Å². The molecule has 2 rings (SSSR count). The molecule has 76 valence electrons. The molecule has 0 saturated carbocycles. The lowest BCUT2D eigenvalue weighted by Gasteiger charge is -1.98. The molecule has 0 aromatic carbocycles. The Labute approximate surface area is 90.4 Å². The van der Waals surface area contributed by atoms with Crippen LogP contribution in [0.1, 0.15) is 29.5 Å². The molecule has 0 N–H and O–H groups in total. The Kier molecular flexibility index (Phi) is 2.58. The highest BCUT2D eigenvalue weighted by Gasteiger charge is 2.24. The number of nitrogens with zero attached hydrogens (tertiary/aromatic N) is 2. The van der Waals surface area contributed by atoms with Gasteiger partial charge in [0.15, 0.2) is 5.69 Å². The van der Waals surface area contributed by atoms with Crippen LogP contribution in [-0.2, 0) is 17.7 Å². The van der Waals surface area contributed by atoms with Gasteiger partial charge >= 0.3 is 5.97 Å². The predicted molar refractivity (Wildman–Crippen MR) is 54.2 cm³/mol. The molecule has 0 atom stereocenters. The second-order valence-electron chi connectivity index (χ2n) is 3.16. The number of rotatable bonds is 2. The van der Waals surface area contributed by atoms with Crippen molar-refractivity contribution in [1.82, 2.24) is 9.78 Å². The summed E-state index contributed by atoms with van der Waals surface area (Å²) in [6.07, 6.45) is 2.08. The summed E-state index contributed by atoms with van der Waals surface area (Å²) in [5.41, 5.74) is 1.51. The second-order valence-corrected chi connectivity index (χ2v) is 3.95. The highest BCUT2D eigenvalue weighted by molar-refractivity contribution is 9.10. The van der Waals surface area contributed by atoms with Crippen molar-refractivity contribution in [3.8, 4) is 0 Å². The fourth-order valence-electron chi connectivity index (χ4n) is 1.62. The molecule has 0 unspecified atom stereocenters. The lowest BCUT2D eigenvalue weighted by Crippen LogP contribution is -2.07. The maximum absolute atomic E-state index is 11.4. The zero-order chi connectivity index (χ0) is 10.1. The van der Waals surface area contributed by atoms with Crippen LogP contribution < -0.4 is 0 Å². The number of ether oxygens (including phenoxy) is 1. The molecule has 4 nitrogen and oxygen atoms in total. The molecule has 1 aromatic rings. The van der Waals surface area contributed by atoms with E-state index in [0.29, 0.717) is 12.3 Å². The fourth-order valence-corrected chi connectivity index (χ4v) is 2.27. The van der Waals surface area contributed by atoms with Gasteiger partial charge in [-0.3, -0.25) is 4.68 Å².